The molecule has 0 radical (unpaired) electrons. The second-order valence-electron chi connectivity index (χ2n) is 20.6. The molecule has 5 saturated carbocycles. The van der Waals surface area contributed by atoms with Gasteiger partial charge in [0.25, 0.3) is 0 Å². The Morgan fingerprint density at radius 1 is 0.904 bits per heavy atom. The topological polar surface area (TPSA) is 130 Å². The molecule has 0 aromatic heterocycles. The average molecular weight is 745 g/mol. The van der Waals surface area contributed by atoms with E-state index in [2.05, 4.69) is 52.8 Å². The van der Waals surface area contributed by atoms with Crippen LogP contribution in [0, 0.1) is 62.1 Å². The third-order valence-electron chi connectivity index (χ3n) is 17.0. The van der Waals surface area contributed by atoms with E-state index >= 15 is 0 Å². The number of allylic oxidation sites excluding steroid dienone is 1. The van der Waals surface area contributed by atoms with Gasteiger partial charge in [0.2, 0.25) is 15.9 Å². The summed E-state index contributed by atoms with van der Waals surface area (Å²) < 4.78 is 32.7. The van der Waals surface area contributed by atoms with Crippen molar-refractivity contribution in [1.82, 2.24) is 9.62 Å². The molecule has 6 fully saturated rings. The summed E-state index contributed by atoms with van der Waals surface area (Å²) in [4.78, 5) is 40.8. The first-order valence-electron chi connectivity index (χ1n) is 20.2. The number of amides is 1. The normalized spacial score (nSPS) is 42.7. The van der Waals surface area contributed by atoms with E-state index in [1.54, 1.807) is 13.8 Å². The van der Waals surface area contributed by atoms with Crippen molar-refractivity contribution in [3.63, 3.8) is 0 Å². The van der Waals surface area contributed by atoms with Crippen LogP contribution < -0.4 is 4.72 Å². The Balaban J connectivity index is 1.23. The predicted octanol–water partition coefficient (Wildman–Crippen LogP) is 7.60. The fraction of sp³-hybridized carbons (Fsp3) is 0.881. The van der Waals surface area contributed by atoms with E-state index < -0.39 is 27.4 Å². The van der Waals surface area contributed by atoms with Crippen molar-refractivity contribution in [2.45, 2.75) is 151 Å². The molecule has 1 heterocycles. The van der Waals surface area contributed by atoms with Crippen LogP contribution in [0.1, 0.15) is 139 Å². The van der Waals surface area contributed by atoms with E-state index in [4.69, 9.17) is 4.74 Å². The van der Waals surface area contributed by atoms with Crippen molar-refractivity contribution in [2.24, 2.45) is 62.1 Å². The molecule has 6 aliphatic rings. The molecule has 2 N–H and O–H groups in total. The molecule has 1 amide bonds. The van der Waals surface area contributed by atoms with Crippen LogP contribution in [0.25, 0.3) is 0 Å². The van der Waals surface area contributed by atoms with Crippen molar-refractivity contribution in [1.29, 1.82) is 0 Å². The number of likely N-dealkylation sites (tertiary alicyclic amines) is 1. The molecule has 0 aromatic rings. The highest BCUT2D eigenvalue weighted by Gasteiger charge is 2.71. The second-order valence-corrected chi connectivity index (χ2v) is 22.4. The fourth-order valence-corrected chi connectivity index (χ4v) is 15.0. The highest BCUT2D eigenvalue weighted by molar-refractivity contribution is 7.88. The van der Waals surface area contributed by atoms with Crippen LogP contribution in [-0.4, -0.2) is 67.8 Å². The zero-order valence-corrected chi connectivity index (χ0v) is 34.4. The minimum atomic E-state index is -3.32. The number of carboxylic acids is 1. The molecule has 1 saturated heterocycles. The van der Waals surface area contributed by atoms with Crippen molar-refractivity contribution in [3.8, 4) is 0 Å². The number of hydrogen-bond acceptors (Lipinski definition) is 6. The predicted molar refractivity (Wildman–Crippen MR) is 202 cm³/mol. The maximum Gasteiger partial charge on any atom is 0.309 e. The fourth-order valence-electron chi connectivity index (χ4n) is 14.2. The van der Waals surface area contributed by atoms with Crippen molar-refractivity contribution in [2.75, 3.05) is 19.3 Å². The summed E-state index contributed by atoms with van der Waals surface area (Å²) in [5.41, 5.74) is 0.209. The van der Waals surface area contributed by atoms with Gasteiger partial charge in [-0.1, -0.05) is 46.8 Å². The lowest BCUT2D eigenvalue weighted by Gasteiger charge is -2.73. The largest absolute Gasteiger partial charge is 0.481 e. The average Bonchev–Trinajstić information content (AvgIpc) is 3.63. The molecule has 0 bridgehead atoms. The molecular formula is C42H68N2O7S. The maximum atomic E-state index is 14.1. The van der Waals surface area contributed by atoms with E-state index in [9.17, 15) is 27.9 Å². The summed E-state index contributed by atoms with van der Waals surface area (Å²) in [6.45, 7) is 23.3. The molecule has 5 aliphatic carbocycles. The van der Waals surface area contributed by atoms with Gasteiger partial charge in [-0.2, -0.15) is 0 Å². The van der Waals surface area contributed by atoms with Crippen molar-refractivity contribution >= 4 is 27.9 Å². The lowest BCUT2D eigenvalue weighted by Crippen LogP contribution is -2.67. The van der Waals surface area contributed by atoms with Gasteiger partial charge in [-0.25, -0.2) is 13.1 Å². The molecule has 6 rings (SSSR count). The molecule has 0 aromatic carbocycles. The summed E-state index contributed by atoms with van der Waals surface area (Å²) in [7, 11) is -3.32. The third kappa shape index (κ3) is 6.39. The van der Waals surface area contributed by atoms with E-state index in [1.807, 2.05) is 4.90 Å². The van der Waals surface area contributed by atoms with E-state index in [-0.39, 0.29) is 51.5 Å². The van der Waals surface area contributed by atoms with Gasteiger partial charge in [0.05, 0.1) is 18.1 Å². The first-order chi connectivity index (χ1) is 23.9. The number of nitrogens with zero attached hydrogens (tertiary/aromatic N) is 1. The number of hydrogen-bond donors (Lipinski definition) is 2. The molecule has 11 atom stereocenters. The Morgan fingerprint density at radius 2 is 1.60 bits per heavy atom. The van der Waals surface area contributed by atoms with Crippen LogP contribution in [0.3, 0.4) is 0 Å². The zero-order chi connectivity index (χ0) is 38.4. The number of carbonyl (C=O) groups is 3. The maximum absolute atomic E-state index is 14.1. The Bertz CT molecular complexity index is 1590. The SMILES string of the molecule is C=C(C)[C@@H]1CC[C@]2(CC(=O)N3CC[C@@H](NS(C)(=O)=O)C3)CC[C@]3(C)[C@H](CC[C@@H]4[C@@]5(C)CC[C@H](OC(=O)CC(C)(C)C(=O)O)C(C)(C)[C@@H]5CC[C@]43C)[C@@H]12. The van der Waals surface area contributed by atoms with Crippen LogP contribution >= 0.6 is 0 Å². The third-order valence-corrected chi connectivity index (χ3v) is 17.8. The summed E-state index contributed by atoms with van der Waals surface area (Å²) in [5, 5.41) is 9.61. The van der Waals surface area contributed by atoms with Gasteiger partial charge in [-0.3, -0.25) is 14.4 Å². The Labute approximate surface area is 313 Å². The number of ether oxygens (including phenoxy) is 1. The molecule has 10 heteroatoms. The first-order valence-corrected chi connectivity index (χ1v) is 22.1. The molecular weight excluding hydrogens is 677 g/mol. The smallest absolute Gasteiger partial charge is 0.309 e. The van der Waals surface area contributed by atoms with Gasteiger partial charge in [0, 0.05) is 31.0 Å². The van der Waals surface area contributed by atoms with Crippen LogP contribution in [0.2, 0.25) is 0 Å². The summed E-state index contributed by atoms with van der Waals surface area (Å²) in [5.74, 6) is 1.08. The lowest BCUT2D eigenvalue weighted by atomic mass is 9.32. The molecule has 9 nitrogen and oxygen atoms in total. The van der Waals surface area contributed by atoms with Gasteiger partial charge in [-0.05, 0) is 143 Å². The van der Waals surface area contributed by atoms with Crippen molar-refractivity contribution in [3.05, 3.63) is 12.2 Å². The number of sulfonamides is 1. The molecule has 294 valence electrons. The monoisotopic (exact) mass is 744 g/mol. The Kier molecular flexibility index (Phi) is 10.0. The Morgan fingerprint density at radius 3 is 2.23 bits per heavy atom. The Hall–Kier alpha value is -1.94. The molecule has 0 unspecified atom stereocenters. The lowest BCUT2D eigenvalue weighted by molar-refractivity contribution is -0.250. The zero-order valence-electron chi connectivity index (χ0n) is 33.6. The molecule has 1 aliphatic heterocycles. The first kappa shape index (κ1) is 39.7. The second kappa shape index (κ2) is 13.1. The highest BCUT2D eigenvalue weighted by Crippen LogP contribution is 2.78. The quantitative estimate of drug-likeness (QED) is 0.184. The number of carbonyl (C=O) groups excluding carboxylic acids is 2. The van der Waals surface area contributed by atoms with E-state index in [0.29, 0.717) is 55.5 Å². The van der Waals surface area contributed by atoms with Crippen LogP contribution in [0.4, 0.5) is 0 Å². The number of esters is 1. The van der Waals surface area contributed by atoms with Crippen LogP contribution in [0.5, 0.6) is 0 Å². The molecule has 52 heavy (non-hydrogen) atoms. The summed E-state index contributed by atoms with van der Waals surface area (Å²) in [6, 6.07) is -0.212. The number of nitrogens with one attached hydrogen (secondary N) is 1. The van der Waals surface area contributed by atoms with Gasteiger partial charge in [-0.15, -0.1) is 0 Å². The minimum absolute atomic E-state index is 0.0450. The van der Waals surface area contributed by atoms with Crippen molar-refractivity contribution < 1.29 is 32.6 Å². The number of aliphatic carboxylic acids is 1. The summed E-state index contributed by atoms with van der Waals surface area (Å²) >= 11 is 0. The van der Waals surface area contributed by atoms with Crippen LogP contribution in [0.15, 0.2) is 12.2 Å². The summed E-state index contributed by atoms with van der Waals surface area (Å²) in [6.07, 6.45) is 12.7. The van der Waals surface area contributed by atoms with Gasteiger partial charge < -0.3 is 14.7 Å². The van der Waals surface area contributed by atoms with E-state index in [0.717, 1.165) is 57.8 Å². The van der Waals surface area contributed by atoms with Gasteiger partial charge in [0.1, 0.15) is 6.10 Å². The highest BCUT2D eigenvalue weighted by atomic mass is 32.2. The van der Waals surface area contributed by atoms with Gasteiger partial charge >= 0.3 is 11.9 Å². The van der Waals surface area contributed by atoms with Gasteiger partial charge in [0.15, 0.2) is 0 Å². The van der Waals surface area contributed by atoms with E-state index in [1.165, 1.54) is 18.2 Å². The minimum Gasteiger partial charge on any atom is -0.481 e. The molecule has 0 spiro atoms. The van der Waals surface area contributed by atoms with Crippen LogP contribution in [-0.2, 0) is 29.1 Å². The standard InChI is InChI=1S/C42H68N2O7S/c1-26(2)28-13-19-42(23-33(45)44-22-16-27(25-44)43-52(10,49)50)21-20-40(8)29(35(28)42)11-12-31-39(7)17-15-32(51-34(46)24-37(3,4)36(47)48)38(5,6)30(39)14-18-41(31,40)9/h27-32,35,43H,1,11-25H2,2-10H3,(H,47,48)/t27-,28+,29-,30+,31-,32+,35-,39+,40-,41-,42-/m1/s1. The number of rotatable bonds is 9. The number of carboxylic acid groups (broad SMARTS) is 1. The number of fused-ring (bicyclic) bond motifs is 7.